The van der Waals surface area contributed by atoms with E-state index >= 15 is 0 Å². The van der Waals surface area contributed by atoms with Crippen molar-refractivity contribution in [2.75, 3.05) is 13.7 Å². The Labute approximate surface area is 170 Å². The van der Waals surface area contributed by atoms with E-state index in [0.29, 0.717) is 12.2 Å². The molecule has 0 fully saturated rings. The van der Waals surface area contributed by atoms with E-state index in [1.54, 1.807) is 7.11 Å². The van der Waals surface area contributed by atoms with Gasteiger partial charge in [-0.2, -0.15) is 0 Å². The van der Waals surface area contributed by atoms with Gasteiger partial charge in [0.05, 0.1) is 13.2 Å². The van der Waals surface area contributed by atoms with Gasteiger partial charge in [-0.15, -0.1) is 0 Å². The summed E-state index contributed by atoms with van der Waals surface area (Å²) in [4.78, 5) is 12.6. The van der Waals surface area contributed by atoms with Crippen LogP contribution in [0.4, 0.5) is 0 Å². The third kappa shape index (κ3) is 4.29. The minimum atomic E-state index is -0.392. The molecule has 0 radical (unpaired) electrons. The molecule has 1 N–H and O–H groups in total. The van der Waals surface area contributed by atoms with E-state index in [2.05, 4.69) is 5.32 Å². The maximum absolute atomic E-state index is 12.6. The lowest BCUT2D eigenvalue weighted by atomic mass is 9.89. The Bertz CT molecular complexity index is 1040. The lowest BCUT2D eigenvalue weighted by Crippen LogP contribution is -2.42. The third-order valence-electron chi connectivity index (χ3n) is 5.10. The molecular formula is C24H25NO4. The van der Waals surface area contributed by atoms with Crippen molar-refractivity contribution < 1.29 is 19.0 Å². The molecule has 1 aliphatic rings. The largest absolute Gasteiger partial charge is 0.497 e. The number of hydrogen-bond donors (Lipinski definition) is 1. The summed E-state index contributed by atoms with van der Waals surface area (Å²) in [6.45, 7) is 3.99. The van der Waals surface area contributed by atoms with Crippen LogP contribution in [0.25, 0.3) is 10.8 Å². The molecule has 29 heavy (non-hydrogen) atoms. The van der Waals surface area contributed by atoms with Gasteiger partial charge in [0.25, 0.3) is 5.91 Å². The minimum absolute atomic E-state index is 0.0401. The van der Waals surface area contributed by atoms with Gasteiger partial charge < -0.3 is 19.5 Å². The number of methoxy groups -OCH3 is 1. The van der Waals surface area contributed by atoms with Gasteiger partial charge in [-0.1, -0.05) is 30.3 Å². The van der Waals surface area contributed by atoms with Gasteiger partial charge in [-0.25, -0.2) is 0 Å². The predicted molar refractivity (Wildman–Crippen MR) is 113 cm³/mol. The van der Waals surface area contributed by atoms with E-state index in [4.69, 9.17) is 14.2 Å². The molecule has 1 heterocycles. The number of amides is 1. The number of carbonyl (C=O) groups excluding carboxylic acids is 1. The lowest BCUT2D eigenvalue weighted by molar-refractivity contribution is -0.124. The van der Waals surface area contributed by atoms with E-state index in [0.717, 1.165) is 27.8 Å². The highest BCUT2D eigenvalue weighted by Crippen LogP contribution is 2.41. The predicted octanol–water partition coefficient (Wildman–Crippen LogP) is 4.65. The monoisotopic (exact) mass is 391 g/mol. The quantitative estimate of drug-likeness (QED) is 0.688. The van der Waals surface area contributed by atoms with Gasteiger partial charge in [0, 0.05) is 18.1 Å². The fourth-order valence-corrected chi connectivity index (χ4v) is 3.73. The SMILES string of the molecule is COc1ccc2c(c1)OC(C)(C)C[C@@H]2NC(=O)COc1ccc2ccccc2c1. The Hall–Kier alpha value is -3.21. The summed E-state index contributed by atoms with van der Waals surface area (Å²) < 4.78 is 17.1. The number of rotatable bonds is 5. The zero-order valence-electron chi connectivity index (χ0n) is 16.9. The Morgan fingerprint density at radius 1 is 1.07 bits per heavy atom. The molecule has 4 rings (SSSR count). The van der Waals surface area contributed by atoms with E-state index in [-0.39, 0.29) is 18.6 Å². The van der Waals surface area contributed by atoms with Crippen LogP contribution in [0.5, 0.6) is 17.2 Å². The topological polar surface area (TPSA) is 56.8 Å². The van der Waals surface area contributed by atoms with Crippen LogP contribution >= 0.6 is 0 Å². The normalized spacial score (nSPS) is 17.1. The fourth-order valence-electron chi connectivity index (χ4n) is 3.73. The second kappa shape index (κ2) is 7.66. The summed E-state index contributed by atoms with van der Waals surface area (Å²) in [5.41, 5.74) is 0.556. The van der Waals surface area contributed by atoms with Crippen LogP contribution in [0, 0.1) is 0 Å². The molecule has 1 amide bonds. The number of ether oxygens (including phenoxy) is 3. The number of carbonyl (C=O) groups is 1. The molecular weight excluding hydrogens is 366 g/mol. The fraction of sp³-hybridized carbons (Fsp3) is 0.292. The van der Waals surface area contributed by atoms with Gasteiger partial charge in [-0.05, 0) is 48.9 Å². The molecule has 0 bridgehead atoms. The summed E-state index contributed by atoms with van der Waals surface area (Å²) in [5.74, 6) is 1.98. The molecule has 150 valence electrons. The molecule has 5 nitrogen and oxygen atoms in total. The van der Waals surface area contributed by atoms with Crippen LogP contribution < -0.4 is 19.5 Å². The van der Waals surface area contributed by atoms with E-state index < -0.39 is 5.60 Å². The Kier molecular flexibility index (Phi) is 5.05. The van der Waals surface area contributed by atoms with Gasteiger partial charge in [-0.3, -0.25) is 4.79 Å². The van der Waals surface area contributed by atoms with Crippen molar-refractivity contribution in [2.24, 2.45) is 0 Å². The third-order valence-corrected chi connectivity index (χ3v) is 5.10. The highest BCUT2D eigenvalue weighted by atomic mass is 16.5. The molecule has 3 aromatic carbocycles. The summed E-state index contributed by atoms with van der Waals surface area (Å²) in [7, 11) is 1.62. The van der Waals surface area contributed by atoms with Crippen molar-refractivity contribution in [3.63, 3.8) is 0 Å². The Morgan fingerprint density at radius 2 is 1.83 bits per heavy atom. The minimum Gasteiger partial charge on any atom is -0.497 e. The molecule has 0 spiro atoms. The second-order valence-electron chi connectivity index (χ2n) is 7.89. The number of nitrogens with one attached hydrogen (secondary N) is 1. The van der Waals surface area contributed by atoms with Crippen molar-refractivity contribution >= 4 is 16.7 Å². The van der Waals surface area contributed by atoms with Crippen molar-refractivity contribution in [3.05, 3.63) is 66.2 Å². The molecule has 0 aromatic heterocycles. The van der Waals surface area contributed by atoms with E-state index in [9.17, 15) is 4.79 Å². The summed E-state index contributed by atoms with van der Waals surface area (Å²) in [6.07, 6.45) is 0.675. The maximum atomic E-state index is 12.6. The van der Waals surface area contributed by atoms with Crippen LogP contribution in [0.3, 0.4) is 0 Å². The lowest BCUT2D eigenvalue weighted by Gasteiger charge is -2.38. The first-order valence-corrected chi connectivity index (χ1v) is 9.71. The highest BCUT2D eigenvalue weighted by Gasteiger charge is 2.34. The summed E-state index contributed by atoms with van der Waals surface area (Å²) in [6, 6.07) is 19.4. The van der Waals surface area contributed by atoms with Crippen LogP contribution in [0.2, 0.25) is 0 Å². The maximum Gasteiger partial charge on any atom is 0.258 e. The van der Waals surface area contributed by atoms with Crippen molar-refractivity contribution in [1.82, 2.24) is 5.32 Å². The summed E-state index contributed by atoms with van der Waals surface area (Å²) in [5, 5.41) is 5.31. The second-order valence-corrected chi connectivity index (χ2v) is 7.89. The average molecular weight is 391 g/mol. The van der Waals surface area contributed by atoms with Crippen LogP contribution in [-0.2, 0) is 4.79 Å². The first kappa shape index (κ1) is 19.1. The molecule has 0 aliphatic carbocycles. The van der Waals surface area contributed by atoms with Crippen LogP contribution in [-0.4, -0.2) is 25.2 Å². The van der Waals surface area contributed by atoms with Crippen molar-refractivity contribution in [1.29, 1.82) is 0 Å². The van der Waals surface area contributed by atoms with Gasteiger partial charge in [0.1, 0.15) is 22.8 Å². The Morgan fingerprint density at radius 3 is 2.62 bits per heavy atom. The smallest absolute Gasteiger partial charge is 0.258 e. The number of hydrogen-bond acceptors (Lipinski definition) is 4. The standard InChI is InChI=1S/C24H25NO4/c1-24(2)14-21(20-11-10-18(27-3)13-22(20)29-24)25-23(26)15-28-19-9-8-16-6-4-5-7-17(16)12-19/h4-13,21H,14-15H2,1-3H3,(H,25,26)/t21-/m0/s1. The molecule has 0 unspecified atom stereocenters. The highest BCUT2D eigenvalue weighted by molar-refractivity contribution is 5.84. The van der Waals surface area contributed by atoms with E-state index in [1.807, 2.05) is 74.5 Å². The van der Waals surface area contributed by atoms with Crippen molar-refractivity contribution in [2.45, 2.75) is 31.9 Å². The van der Waals surface area contributed by atoms with Gasteiger partial charge in [0.2, 0.25) is 0 Å². The van der Waals surface area contributed by atoms with Gasteiger partial charge >= 0.3 is 0 Å². The van der Waals surface area contributed by atoms with Gasteiger partial charge in [0.15, 0.2) is 6.61 Å². The zero-order valence-corrected chi connectivity index (χ0v) is 16.9. The molecule has 0 saturated heterocycles. The number of benzene rings is 3. The van der Waals surface area contributed by atoms with Crippen LogP contribution in [0.15, 0.2) is 60.7 Å². The first-order chi connectivity index (χ1) is 13.9. The first-order valence-electron chi connectivity index (χ1n) is 9.71. The van der Waals surface area contributed by atoms with Crippen LogP contribution in [0.1, 0.15) is 31.9 Å². The number of fused-ring (bicyclic) bond motifs is 2. The molecule has 1 atom stereocenters. The Balaban J connectivity index is 1.45. The van der Waals surface area contributed by atoms with E-state index in [1.165, 1.54) is 0 Å². The summed E-state index contributed by atoms with van der Waals surface area (Å²) >= 11 is 0. The zero-order chi connectivity index (χ0) is 20.4. The molecule has 1 aliphatic heterocycles. The molecule has 5 heteroatoms. The van der Waals surface area contributed by atoms with Crippen molar-refractivity contribution in [3.8, 4) is 17.2 Å². The molecule has 0 saturated carbocycles. The molecule has 3 aromatic rings. The average Bonchev–Trinajstić information content (AvgIpc) is 2.70.